The van der Waals surface area contributed by atoms with Crippen LogP contribution >= 0.6 is 12.2 Å². The molecule has 1 aliphatic rings. The Labute approximate surface area is 131 Å². The molecule has 1 fully saturated rings. The maximum absolute atomic E-state index is 11.8. The molecule has 0 spiro atoms. The summed E-state index contributed by atoms with van der Waals surface area (Å²) in [7, 11) is 0. The zero-order valence-corrected chi connectivity index (χ0v) is 13.0. The number of rotatable bonds is 6. The third-order valence-electron chi connectivity index (χ3n) is 3.65. The standard InChI is InChI=1S/C16H22N2O2S/c17-16(21)13-6-8-14(9-7-13)20-12-4-11-18-10-3-1-2-5-15(18)19/h6-9H,1-5,10-12H2,(H2,17,21). The lowest BCUT2D eigenvalue weighted by molar-refractivity contribution is -0.130. The third-order valence-corrected chi connectivity index (χ3v) is 3.89. The molecule has 1 heterocycles. The summed E-state index contributed by atoms with van der Waals surface area (Å²) in [5, 5.41) is 0. The highest BCUT2D eigenvalue weighted by Crippen LogP contribution is 2.14. The quantitative estimate of drug-likeness (QED) is 0.648. The van der Waals surface area contributed by atoms with Gasteiger partial charge in [-0.15, -0.1) is 0 Å². The number of thiocarbonyl (C=S) groups is 1. The van der Waals surface area contributed by atoms with Crippen LogP contribution in [0.2, 0.25) is 0 Å². The van der Waals surface area contributed by atoms with Crippen molar-refractivity contribution in [3.63, 3.8) is 0 Å². The van der Waals surface area contributed by atoms with Crippen molar-refractivity contribution < 1.29 is 9.53 Å². The van der Waals surface area contributed by atoms with Gasteiger partial charge in [0.05, 0.1) is 6.61 Å². The number of carbonyl (C=O) groups excluding carboxylic acids is 1. The van der Waals surface area contributed by atoms with Crippen LogP contribution in [0.15, 0.2) is 24.3 Å². The first-order valence-electron chi connectivity index (χ1n) is 7.47. The van der Waals surface area contributed by atoms with E-state index in [1.165, 1.54) is 0 Å². The Bertz CT molecular complexity index is 488. The number of nitrogens with two attached hydrogens (primary N) is 1. The minimum Gasteiger partial charge on any atom is -0.494 e. The van der Waals surface area contributed by atoms with Crippen LogP contribution in [0, 0.1) is 0 Å². The SMILES string of the molecule is NC(=S)c1ccc(OCCCN2CCCCCC2=O)cc1. The van der Waals surface area contributed by atoms with Crippen molar-refractivity contribution >= 4 is 23.1 Å². The summed E-state index contributed by atoms with van der Waals surface area (Å²) in [5.41, 5.74) is 6.39. The fraction of sp³-hybridized carbons (Fsp3) is 0.500. The van der Waals surface area contributed by atoms with Crippen LogP contribution < -0.4 is 10.5 Å². The maximum Gasteiger partial charge on any atom is 0.222 e. The monoisotopic (exact) mass is 306 g/mol. The highest BCUT2D eigenvalue weighted by molar-refractivity contribution is 7.80. The summed E-state index contributed by atoms with van der Waals surface area (Å²) in [6, 6.07) is 7.45. The third kappa shape index (κ3) is 5.01. The number of hydrogen-bond acceptors (Lipinski definition) is 3. The van der Waals surface area contributed by atoms with Crippen LogP contribution in [0.5, 0.6) is 5.75 Å². The molecule has 1 aromatic rings. The van der Waals surface area contributed by atoms with Crippen LogP contribution in [0.4, 0.5) is 0 Å². The second-order valence-corrected chi connectivity index (χ2v) is 5.72. The molecule has 2 N–H and O–H groups in total. The minimum atomic E-state index is 0.285. The smallest absolute Gasteiger partial charge is 0.222 e. The summed E-state index contributed by atoms with van der Waals surface area (Å²) in [4.78, 5) is 14.2. The predicted molar refractivity (Wildman–Crippen MR) is 87.5 cm³/mol. The van der Waals surface area contributed by atoms with Crippen LogP contribution in [-0.2, 0) is 4.79 Å². The molecule has 0 aliphatic carbocycles. The van der Waals surface area contributed by atoms with Crippen molar-refractivity contribution in [3.05, 3.63) is 29.8 Å². The fourth-order valence-electron chi connectivity index (χ4n) is 2.44. The largest absolute Gasteiger partial charge is 0.494 e. The first-order valence-corrected chi connectivity index (χ1v) is 7.88. The van der Waals surface area contributed by atoms with E-state index in [-0.39, 0.29) is 5.91 Å². The Morgan fingerprint density at radius 3 is 2.71 bits per heavy atom. The molecule has 0 unspecified atom stereocenters. The molecule has 1 amide bonds. The molecule has 114 valence electrons. The molecule has 4 nitrogen and oxygen atoms in total. The number of nitrogens with zero attached hydrogens (tertiary/aromatic N) is 1. The second kappa shape index (κ2) is 7.98. The van der Waals surface area contributed by atoms with Crippen molar-refractivity contribution in [1.82, 2.24) is 4.90 Å². The zero-order valence-electron chi connectivity index (χ0n) is 12.2. The number of likely N-dealkylation sites (tertiary alicyclic amines) is 1. The number of ether oxygens (including phenoxy) is 1. The second-order valence-electron chi connectivity index (χ2n) is 5.28. The van der Waals surface area contributed by atoms with Crippen LogP contribution in [0.3, 0.4) is 0 Å². The van der Waals surface area contributed by atoms with E-state index in [4.69, 9.17) is 22.7 Å². The van der Waals surface area contributed by atoms with Crippen molar-refractivity contribution in [2.75, 3.05) is 19.7 Å². The van der Waals surface area contributed by atoms with Crippen molar-refractivity contribution in [2.24, 2.45) is 5.73 Å². The molecule has 5 heteroatoms. The van der Waals surface area contributed by atoms with Crippen molar-refractivity contribution in [3.8, 4) is 5.75 Å². The van der Waals surface area contributed by atoms with Gasteiger partial charge in [-0.1, -0.05) is 18.6 Å². The lowest BCUT2D eigenvalue weighted by Crippen LogP contribution is -2.31. The van der Waals surface area contributed by atoms with Gasteiger partial charge in [0.15, 0.2) is 0 Å². The molecule has 1 aromatic carbocycles. The van der Waals surface area contributed by atoms with E-state index < -0.39 is 0 Å². The first kappa shape index (κ1) is 15.8. The van der Waals surface area contributed by atoms with Gasteiger partial charge in [0, 0.05) is 25.1 Å². The number of carbonyl (C=O) groups is 1. The average molecular weight is 306 g/mol. The molecule has 0 radical (unpaired) electrons. The lowest BCUT2D eigenvalue weighted by Gasteiger charge is -2.20. The van der Waals surface area contributed by atoms with E-state index in [2.05, 4.69) is 0 Å². The molecule has 21 heavy (non-hydrogen) atoms. The van der Waals surface area contributed by atoms with Gasteiger partial charge in [0.1, 0.15) is 10.7 Å². The molecular formula is C16H22N2O2S. The molecule has 0 saturated carbocycles. The predicted octanol–water partition coefficient (Wildman–Crippen LogP) is 2.49. The van der Waals surface area contributed by atoms with Gasteiger partial charge in [-0.05, 0) is 43.5 Å². The van der Waals surface area contributed by atoms with Crippen molar-refractivity contribution in [1.29, 1.82) is 0 Å². The van der Waals surface area contributed by atoms with E-state index in [0.717, 1.165) is 50.1 Å². The van der Waals surface area contributed by atoms with Gasteiger partial charge >= 0.3 is 0 Å². The summed E-state index contributed by atoms with van der Waals surface area (Å²) in [5.74, 6) is 1.09. The topological polar surface area (TPSA) is 55.6 Å². The summed E-state index contributed by atoms with van der Waals surface area (Å²) in [6.07, 6.45) is 4.85. The van der Waals surface area contributed by atoms with Gasteiger partial charge in [0.25, 0.3) is 0 Å². The number of amides is 1. The molecule has 0 bridgehead atoms. The molecule has 0 aromatic heterocycles. The Hall–Kier alpha value is -1.62. The molecule has 2 rings (SSSR count). The van der Waals surface area contributed by atoms with Gasteiger partial charge in [-0.3, -0.25) is 4.79 Å². The lowest BCUT2D eigenvalue weighted by atomic mass is 10.2. The molecule has 1 saturated heterocycles. The maximum atomic E-state index is 11.8. The summed E-state index contributed by atoms with van der Waals surface area (Å²) in [6.45, 7) is 2.28. The van der Waals surface area contributed by atoms with Gasteiger partial charge < -0.3 is 15.4 Å². The normalized spacial score (nSPS) is 15.6. The molecular weight excluding hydrogens is 284 g/mol. The number of hydrogen-bond donors (Lipinski definition) is 1. The van der Waals surface area contributed by atoms with Crippen LogP contribution in [0.25, 0.3) is 0 Å². The van der Waals surface area contributed by atoms with Gasteiger partial charge in [0.2, 0.25) is 5.91 Å². The Balaban J connectivity index is 1.71. The van der Waals surface area contributed by atoms with E-state index in [0.29, 0.717) is 18.0 Å². The zero-order chi connectivity index (χ0) is 15.1. The highest BCUT2D eigenvalue weighted by Gasteiger charge is 2.15. The fourth-order valence-corrected chi connectivity index (χ4v) is 2.57. The van der Waals surface area contributed by atoms with E-state index in [1.54, 1.807) is 0 Å². The van der Waals surface area contributed by atoms with Gasteiger partial charge in [-0.2, -0.15) is 0 Å². The van der Waals surface area contributed by atoms with Gasteiger partial charge in [-0.25, -0.2) is 0 Å². The van der Waals surface area contributed by atoms with E-state index in [9.17, 15) is 4.79 Å². The number of benzene rings is 1. The Morgan fingerprint density at radius 1 is 1.24 bits per heavy atom. The minimum absolute atomic E-state index is 0.285. The van der Waals surface area contributed by atoms with Crippen LogP contribution in [0.1, 0.15) is 37.7 Å². The molecule has 1 aliphatic heterocycles. The Kier molecular flexibility index (Phi) is 5.99. The summed E-state index contributed by atoms with van der Waals surface area (Å²) >= 11 is 4.91. The van der Waals surface area contributed by atoms with Crippen molar-refractivity contribution in [2.45, 2.75) is 32.1 Å². The highest BCUT2D eigenvalue weighted by atomic mass is 32.1. The molecule has 0 atom stereocenters. The first-order chi connectivity index (χ1) is 10.2. The average Bonchev–Trinajstić information content (AvgIpc) is 2.69. The Morgan fingerprint density at radius 2 is 2.00 bits per heavy atom. The van der Waals surface area contributed by atoms with E-state index in [1.807, 2.05) is 29.2 Å². The van der Waals surface area contributed by atoms with E-state index >= 15 is 0 Å². The van der Waals surface area contributed by atoms with Crippen LogP contribution in [-0.4, -0.2) is 35.5 Å². The summed E-state index contributed by atoms with van der Waals surface area (Å²) < 4.78 is 5.68.